The van der Waals surface area contributed by atoms with E-state index >= 15 is 0 Å². The molecule has 136 valence electrons. The lowest BCUT2D eigenvalue weighted by atomic mass is 10.2. The number of benzene rings is 1. The van der Waals surface area contributed by atoms with Crippen LogP contribution in [0.25, 0.3) is 5.69 Å². The van der Waals surface area contributed by atoms with Crippen molar-refractivity contribution in [2.24, 2.45) is 4.99 Å². The number of hydrogen-bond acceptors (Lipinski definition) is 4. The zero-order valence-electron chi connectivity index (χ0n) is 14.8. The van der Waals surface area contributed by atoms with Crippen LogP contribution in [0.2, 0.25) is 0 Å². The van der Waals surface area contributed by atoms with Crippen molar-refractivity contribution in [3.63, 3.8) is 0 Å². The van der Waals surface area contributed by atoms with Crippen LogP contribution in [0.4, 0.5) is 0 Å². The molecule has 0 unspecified atom stereocenters. The molecule has 0 spiro atoms. The second-order valence-corrected chi connectivity index (χ2v) is 8.19. The molecule has 1 aliphatic heterocycles. The van der Waals surface area contributed by atoms with Crippen molar-refractivity contribution in [3.05, 3.63) is 42.5 Å². The Hall–Kier alpha value is -1.29. The monoisotopic (exact) mass is 472 g/mol. The van der Waals surface area contributed by atoms with Crippen LogP contribution >= 0.6 is 35.7 Å². The van der Waals surface area contributed by atoms with E-state index in [4.69, 9.17) is 0 Å². The third-order valence-corrected chi connectivity index (χ3v) is 5.29. The second kappa shape index (κ2) is 8.88. The lowest BCUT2D eigenvalue weighted by Gasteiger charge is -2.39. The van der Waals surface area contributed by atoms with Gasteiger partial charge in [-0.1, -0.05) is 18.2 Å². The lowest BCUT2D eigenvalue weighted by molar-refractivity contribution is 0.375. The molecule has 1 aromatic carbocycles. The molecular weight excluding hydrogens is 447 g/mol. The fourth-order valence-electron chi connectivity index (χ4n) is 2.87. The summed E-state index contributed by atoms with van der Waals surface area (Å²) in [4.78, 5) is 6.76. The van der Waals surface area contributed by atoms with Crippen LogP contribution in [-0.2, 0) is 6.54 Å². The number of nitrogens with zero attached hydrogens (tertiary/aromatic N) is 5. The molecule has 6 nitrogen and oxygen atoms in total. The molecule has 1 fully saturated rings. The molecule has 1 aliphatic rings. The Labute approximate surface area is 170 Å². The molecular formula is C17H25IN6S. The second-order valence-electron chi connectivity index (χ2n) is 6.38. The van der Waals surface area contributed by atoms with Gasteiger partial charge < -0.3 is 10.2 Å². The number of thioether (sulfide) groups is 1. The van der Waals surface area contributed by atoms with Gasteiger partial charge in [-0.2, -0.15) is 11.8 Å². The summed E-state index contributed by atoms with van der Waals surface area (Å²) >= 11 is 2.02. The van der Waals surface area contributed by atoms with E-state index in [-0.39, 0.29) is 28.7 Å². The molecule has 25 heavy (non-hydrogen) atoms. The van der Waals surface area contributed by atoms with Gasteiger partial charge in [0.1, 0.15) is 6.33 Å². The van der Waals surface area contributed by atoms with Crippen LogP contribution in [0.15, 0.2) is 41.7 Å². The predicted molar refractivity (Wildman–Crippen MR) is 115 cm³/mol. The van der Waals surface area contributed by atoms with Crippen molar-refractivity contribution in [1.29, 1.82) is 0 Å². The van der Waals surface area contributed by atoms with Gasteiger partial charge in [0.2, 0.25) is 0 Å². The van der Waals surface area contributed by atoms with Gasteiger partial charge in [0.05, 0.1) is 6.54 Å². The molecule has 1 saturated heterocycles. The Morgan fingerprint density at radius 3 is 2.76 bits per heavy atom. The Kier molecular flexibility index (Phi) is 7.12. The van der Waals surface area contributed by atoms with Crippen molar-refractivity contribution < 1.29 is 0 Å². The highest BCUT2D eigenvalue weighted by atomic mass is 127. The first-order valence-electron chi connectivity index (χ1n) is 8.13. The summed E-state index contributed by atoms with van der Waals surface area (Å²) in [6, 6.07) is 10.1. The van der Waals surface area contributed by atoms with E-state index in [1.165, 1.54) is 0 Å². The Bertz CT molecular complexity index is 700. The number of para-hydroxylation sites is 1. The Morgan fingerprint density at radius 1 is 1.32 bits per heavy atom. The standard InChI is InChI=1S/C17H24N6S.HI/c1-17(2)12-22(9-10-24-17)16(18-3)19-11-15-21-20-13-23(15)14-7-5-4-6-8-14;/h4-8,13H,9-12H2,1-3H3,(H,18,19);1H. The van der Waals surface area contributed by atoms with E-state index < -0.39 is 0 Å². The average molecular weight is 472 g/mol. The maximum Gasteiger partial charge on any atom is 0.194 e. The summed E-state index contributed by atoms with van der Waals surface area (Å²) in [5.74, 6) is 2.91. The van der Waals surface area contributed by atoms with Crippen molar-refractivity contribution in [2.45, 2.75) is 25.1 Å². The molecule has 1 aromatic heterocycles. The summed E-state index contributed by atoms with van der Waals surface area (Å²) in [5.41, 5.74) is 1.06. The van der Waals surface area contributed by atoms with Crippen molar-refractivity contribution in [2.75, 3.05) is 25.9 Å². The minimum absolute atomic E-state index is 0. The normalized spacial score (nSPS) is 17.1. The molecule has 3 rings (SSSR count). The predicted octanol–water partition coefficient (Wildman–Crippen LogP) is 2.79. The average Bonchev–Trinajstić information content (AvgIpc) is 3.04. The number of halogens is 1. The molecule has 0 amide bonds. The third-order valence-electron chi connectivity index (χ3n) is 3.99. The fraction of sp³-hybridized carbons (Fsp3) is 0.471. The minimum Gasteiger partial charge on any atom is -0.349 e. The zero-order valence-corrected chi connectivity index (χ0v) is 18.0. The maximum absolute atomic E-state index is 4.44. The molecule has 2 aromatic rings. The highest BCUT2D eigenvalue weighted by Crippen LogP contribution is 2.29. The summed E-state index contributed by atoms with van der Waals surface area (Å²) in [7, 11) is 1.83. The Balaban J connectivity index is 0.00000225. The zero-order chi connectivity index (χ0) is 17.0. The summed E-state index contributed by atoms with van der Waals surface area (Å²) in [6.07, 6.45) is 1.75. The topological polar surface area (TPSA) is 58.3 Å². The first-order valence-corrected chi connectivity index (χ1v) is 9.11. The van der Waals surface area contributed by atoms with Crippen molar-refractivity contribution >= 4 is 41.7 Å². The molecule has 0 saturated carbocycles. The summed E-state index contributed by atoms with van der Waals surface area (Å²) in [6.45, 7) is 7.15. The van der Waals surface area contributed by atoms with Gasteiger partial charge in [0.25, 0.3) is 0 Å². The molecule has 0 aliphatic carbocycles. The SMILES string of the molecule is CN=C(NCc1nncn1-c1ccccc1)N1CCSC(C)(C)C1.I. The van der Waals surface area contributed by atoms with Gasteiger partial charge in [-0.05, 0) is 26.0 Å². The number of aromatic nitrogens is 3. The quantitative estimate of drug-likeness (QED) is 0.423. The highest BCUT2D eigenvalue weighted by molar-refractivity contribution is 14.0. The van der Waals surface area contributed by atoms with Crippen LogP contribution in [0, 0.1) is 0 Å². The maximum atomic E-state index is 4.44. The van der Waals surface area contributed by atoms with Crippen LogP contribution in [0.3, 0.4) is 0 Å². The highest BCUT2D eigenvalue weighted by Gasteiger charge is 2.28. The summed E-state index contributed by atoms with van der Waals surface area (Å²) in [5, 5.41) is 11.7. The molecule has 1 N–H and O–H groups in total. The number of hydrogen-bond donors (Lipinski definition) is 1. The number of nitrogens with one attached hydrogen (secondary N) is 1. The van der Waals surface area contributed by atoms with Crippen LogP contribution < -0.4 is 5.32 Å². The first kappa shape index (κ1) is 20.0. The first-order chi connectivity index (χ1) is 11.6. The van der Waals surface area contributed by atoms with Crippen molar-refractivity contribution in [1.82, 2.24) is 25.0 Å². The van der Waals surface area contributed by atoms with Crippen molar-refractivity contribution in [3.8, 4) is 5.69 Å². The van der Waals surface area contributed by atoms with Crippen LogP contribution in [-0.4, -0.2) is 56.3 Å². The van der Waals surface area contributed by atoms with E-state index in [0.717, 1.165) is 36.3 Å². The Morgan fingerprint density at radius 2 is 2.08 bits per heavy atom. The van der Waals surface area contributed by atoms with Crippen LogP contribution in [0.1, 0.15) is 19.7 Å². The van der Waals surface area contributed by atoms with E-state index in [1.807, 2.05) is 53.7 Å². The largest absolute Gasteiger partial charge is 0.349 e. The van der Waals surface area contributed by atoms with Gasteiger partial charge in [-0.3, -0.25) is 9.56 Å². The van der Waals surface area contributed by atoms with E-state index in [9.17, 15) is 0 Å². The summed E-state index contributed by atoms with van der Waals surface area (Å²) < 4.78 is 2.25. The molecule has 0 radical (unpaired) electrons. The van der Waals surface area contributed by atoms with E-state index in [1.54, 1.807) is 6.33 Å². The smallest absolute Gasteiger partial charge is 0.194 e. The third kappa shape index (κ3) is 5.10. The van der Waals surface area contributed by atoms with Gasteiger partial charge in [0, 0.05) is 36.3 Å². The molecule has 8 heteroatoms. The van der Waals surface area contributed by atoms with E-state index in [0.29, 0.717) is 6.54 Å². The van der Waals surface area contributed by atoms with Gasteiger partial charge in [0.15, 0.2) is 11.8 Å². The van der Waals surface area contributed by atoms with Gasteiger partial charge >= 0.3 is 0 Å². The fourth-order valence-corrected chi connectivity index (χ4v) is 3.98. The number of rotatable bonds is 3. The van der Waals surface area contributed by atoms with Crippen LogP contribution in [0.5, 0.6) is 0 Å². The van der Waals surface area contributed by atoms with Gasteiger partial charge in [-0.15, -0.1) is 34.2 Å². The molecule has 2 heterocycles. The minimum atomic E-state index is 0. The molecule has 0 atom stereocenters. The molecule has 0 bridgehead atoms. The van der Waals surface area contributed by atoms with E-state index in [2.05, 4.69) is 39.3 Å². The lowest BCUT2D eigenvalue weighted by Crippen LogP contribution is -2.50. The number of aliphatic imine (C=N–C) groups is 1. The number of guanidine groups is 1. The van der Waals surface area contributed by atoms with Gasteiger partial charge in [-0.25, -0.2) is 0 Å².